The Morgan fingerprint density at radius 1 is 1.33 bits per heavy atom. The molecule has 0 amide bonds. The summed E-state index contributed by atoms with van der Waals surface area (Å²) in [6, 6.07) is 6.08. The molecule has 15 heavy (non-hydrogen) atoms. The molecular weight excluding hydrogens is 229 g/mol. The van der Waals surface area contributed by atoms with Gasteiger partial charge in [-0.05, 0) is 12.1 Å². The first-order valence-electron chi connectivity index (χ1n) is 3.75. The third-order valence-corrected chi connectivity index (χ3v) is 1.69. The average molecular weight is 233 g/mol. The number of rotatable bonds is 1. The predicted octanol–water partition coefficient (Wildman–Crippen LogP) is 3.50. The van der Waals surface area contributed by atoms with Crippen LogP contribution in [-0.2, 0) is 6.18 Å². The monoisotopic (exact) mass is 232 g/mol. The Morgan fingerprint density at radius 2 is 1.93 bits per heavy atom. The molecule has 0 fully saturated rings. The van der Waals surface area contributed by atoms with Crippen molar-refractivity contribution in [1.82, 2.24) is 0 Å². The van der Waals surface area contributed by atoms with Crippen molar-refractivity contribution >= 4 is 22.5 Å². The van der Waals surface area contributed by atoms with Crippen LogP contribution in [0.2, 0.25) is 0 Å². The molecule has 0 spiro atoms. The molecule has 0 saturated heterocycles. The lowest BCUT2D eigenvalue weighted by Crippen LogP contribution is -2.05. The van der Waals surface area contributed by atoms with Crippen LogP contribution in [0.4, 0.5) is 18.9 Å². The van der Waals surface area contributed by atoms with E-state index in [1.165, 1.54) is 18.2 Å². The van der Waals surface area contributed by atoms with Gasteiger partial charge in [0.25, 0.3) is 0 Å². The summed E-state index contributed by atoms with van der Waals surface area (Å²) in [4.78, 5) is 3.34. The Bertz CT molecular complexity index is 432. The first-order valence-corrected chi connectivity index (χ1v) is 4.13. The highest BCUT2D eigenvalue weighted by Gasteiger charge is 2.33. The molecule has 2 nitrogen and oxygen atoms in total. The highest BCUT2D eigenvalue weighted by atomic mass is 35.5. The summed E-state index contributed by atoms with van der Waals surface area (Å²) >= 11 is 5.24. The largest absolute Gasteiger partial charge is 0.418 e. The van der Waals surface area contributed by atoms with Crippen LogP contribution in [0.5, 0.6) is 0 Å². The van der Waals surface area contributed by atoms with Gasteiger partial charge in [-0.15, -0.1) is 0 Å². The maximum atomic E-state index is 12.4. The molecule has 0 aliphatic heterocycles. The lowest BCUT2D eigenvalue weighted by atomic mass is 10.2. The average Bonchev–Trinajstić information content (AvgIpc) is 2.17. The van der Waals surface area contributed by atoms with Gasteiger partial charge >= 0.3 is 6.18 Å². The van der Waals surface area contributed by atoms with Crippen molar-refractivity contribution < 1.29 is 13.2 Å². The number of halogens is 4. The second-order valence-electron chi connectivity index (χ2n) is 2.53. The smallest absolute Gasteiger partial charge is 0.226 e. The summed E-state index contributed by atoms with van der Waals surface area (Å²) < 4.78 is 37.2. The zero-order valence-electron chi connectivity index (χ0n) is 7.22. The minimum atomic E-state index is -4.51. The van der Waals surface area contributed by atoms with Crippen LogP contribution in [-0.4, -0.2) is 5.17 Å². The minimum absolute atomic E-state index is 0.364. The van der Waals surface area contributed by atoms with Gasteiger partial charge < -0.3 is 0 Å². The van der Waals surface area contributed by atoms with Crippen LogP contribution in [0.25, 0.3) is 0 Å². The van der Waals surface area contributed by atoms with Crippen molar-refractivity contribution in [2.24, 2.45) is 4.99 Å². The molecule has 1 rings (SSSR count). The van der Waals surface area contributed by atoms with E-state index in [4.69, 9.17) is 16.9 Å². The van der Waals surface area contributed by atoms with Crippen molar-refractivity contribution in [3.05, 3.63) is 29.8 Å². The van der Waals surface area contributed by atoms with Gasteiger partial charge in [-0.3, -0.25) is 0 Å². The predicted molar refractivity (Wildman–Crippen MR) is 50.0 cm³/mol. The van der Waals surface area contributed by atoms with E-state index in [2.05, 4.69) is 4.99 Å². The first kappa shape index (κ1) is 11.5. The van der Waals surface area contributed by atoms with E-state index in [-0.39, 0.29) is 5.69 Å². The number of nitrogens with zero attached hydrogens (tertiary/aromatic N) is 2. The van der Waals surface area contributed by atoms with Crippen molar-refractivity contribution in [1.29, 1.82) is 5.26 Å². The number of aliphatic imine (C=N–C) groups is 1. The molecule has 1 aromatic rings. The second-order valence-corrected chi connectivity index (χ2v) is 2.89. The van der Waals surface area contributed by atoms with Crippen LogP contribution in [0, 0.1) is 11.3 Å². The Morgan fingerprint density at radius 3 is 2.47 bits per heavy atom. The van der Waals surface area contributed by atoms with Gasteiger partial charge in [0.2, 0.25) is 5.17 Å². The van der Waals surface area contributed by atoms with Crippen LogP contribution in [0.15, 0.2) is 29.3 Å². The Balaban J connectivity index is 3.26. The standard InChI is InChI=1S/C9H4ClF3N2/c10-8(5-14)15-7-4-2-1-3-6(7)9(11,12)13/h1-4H. The number of hydrogen-bond donors (Lipinski definition) is 0. The summed E-state index contributed by atoms with van der Waals surface area (Å²) in [5.74, 6) is 0. The summed E-state index contributed by atoms with van der Waals surface area (Å²) in [6.07, 6.45) is -4.51. The van der Waals surface area contributed by atoms with Crippen LogP contribution < -0.4 is 0 Å². The van der Waals surface area contributed by atoms with Gasteiger partial charge in [0.05, 0.1) is 11.3 Å². The van der Waals surface area contributed by atoms with E-state index in [0.29, 0.717) is 0 Å². The molecule has 0 bridgehead atoms. The van der Waals surface area contributed by atoms with Crippen molar-refractivity contribution in [3.63, 3.8) is 0 Å². The topological polar surface area (TPSA) is 36.1 Å². The van der Waals surface area contributed by atoms with E-state index in [1.807, 2.05) is 0 Å². The van der Waals surface area contributed by atoms with E-state index in [1.54, 1.807) is 0 Å². The summed E-state index contributed by atoms with van der Waals surface area (Å²) in [6.45, 7) is 0. The summed E-state index contributed by atoms with van der Waals surface area (Å²) in [5, 5.41) is 7.76. The molecule has 0 heterocycles. The third-order valence-electron chi connectivity index (χ3n) is 1.52. The van der Waals surface area contributed by atoms with Crippen LogP contribution >= 0.6 is 11.6 Å². The molecule has 0 atom stereocenters. The second kappa shape index (κ2) is 4.32. The molecule has 78 valence electrons. The van der Waals surface area contributed by atoms with Gasteiger partial charge in [0.1, 0.15) is 6.07 Å². The minimum Gasteiger partial charge on any atom is -0.226 e. The van der Waals surface area contributed by atoms with Gasteiger partial charge in [-0.25, -0.2) is 4.99 Å². The van der Waals surface area contributed by atoms with E-state index in [9.17, 15) is 13.2 Å². The zero-order chi connectivity index (χ0) is 11.5. The molecular formula is C9H4ClF3N2. The maximum absolute atomic E-state index is 12.4. The third kappa shape index (κ3) is 2.96. The highest BCUT2D eigenvalue weighted by Crippen LogP contribution is 2.36. The maximum Gasteiger partial charge on any atom is 0.418 e. The van der Waals surface area contributed by atoms with Crippen LogP contribution in [0.1, 0.15) is 5.56 Å². The van der Waals surface area contributed by atoms with Gasteiger partial charge in [-0.2, -0.15) is 18.4 Å². The molecule has 0 N–H and O–H groups in total. The normalized spacial score (nSPS) is 12.3. The molecule has 6 heteroatoms. The molecule has 0 aromatic heterocycles. The molecule has 0 aliphatic carbocycles. The fraction of sp³-hybridized carbons (Fsp3) is 0.111. The van der Waals surface area contributed by atoms with Gasteiger partial charge in [-0.1, -0.05) is 23.7 Å². The fourth-order valence-corrected chi connectivity index (χ4v) is 1.03. The van der Waals surface area contributed by atoms with E-state index in [0.717, 1.165) is 12.1 Å². The first-order chi connectivity index (χ1) is 6.95. The van der Waals surface area contributed by atoms with Crippen LogP contribution in [0.3, 0.4) is 0 Å². The Kier molecular flexibility index (Phi) is 3.32. The molecule has 1 aromatic carbocycles. The van der Waals surface area contributed by atoms with Crippen molar-refractivity contribution in [3.8, 4) is 6.07 Å². The molecule has 0 unspecified atom stereocenters. The number of nitriles is 1. The Hall–Kier alpha value is -1.54. The van der Waals surface area contributed by atoms with Gasteiger partial charge in [0.15, 0.2) is 0 Å². The van der Waals surface area contributed by atoms with E-state index < -0.39 is 16.9 Å². The summed E-state index contributed by atoms with van der Waals surface area (Å²) in [7, 11) is 0. The SMILES string of the molecule is N#CC(Cl)=Nc1ccccc1C(F)(F)F. The molecule has 0 radical (unpaired) electrons. The quantitative estimate of drug-likeness (QED) is 0.683. The van der Waals surface area contributed by atoms with Crippen molar-refractivity contribution in [2.75, 3.05) is 0 Å². The molecule has 0 aliphatic rings. The number of hydrogen-bond acceptors (Lipinski definition) is 2. The fourth-order valence-electron chi connectivity index (χ4n) is 0.942. The van der Waals surface area contributed by atoms with Gasteiger partial charge in [0, 0.05) is 0 Å². The number of benzene rings is 1. The highest BCUT2D eigenvalue weighted by molar-refractivity contribution is 6.69. The zero-order valence-corrected chi connectivity index (χ0v) is 7.97. The summed E-state index contributed by atoms with van der Waals surface area (Å²) in [5.41, 5.74) is -1.28. The van der Waals surface area contributed by atoms with Crippen molar-refractivity contribution in [2.45, 2.75) is 6.18 Å². The lowest BCUT2D eigenvalue weighted by Gasteiger charge is -2.08. The lowest BCUT2D eigenvalue weighted by molar-refractivity contribution is -0.137. The van der Waals surface area contributed by atoms with E-state index >= 15 is 0 Å². The molecule has 0 saturated carbocycles. The number of para-hydroxylation sites is 1. The number of alkyl halides is 3. The Labute approximate surface area is 88.6 Å².